The van der Waals surface area contributed by atoms with Gasteiger partial charge in [-0.3, -0.25) is 4.79 Å². The van der Waals surface area contributed by atoms with Crippen molar-refractivity contribution in [2.75, 3.05) is 18.4 Å². The van der Waals surface area contributed by atoms with E-state index in [2.05, 4.69) is 39.1 Å². The fourth-order valence-corrected chi connectivity index (χ4v) is 5.94. The van der Waals surface area contributed by atoms with Crippen LogP contribution in [0.5, 0.6) is 5.75 Å². The van der Waals surface area contributed by atoms with Gasteiger partial charge in [-0.05, 0) is 62.2 Å². The molecule has 1 aliphatic rings. The summed E-state index contributed by atoms with van der Waals surface area (Å²) in [6.45, 7) is 5.99. The smallest absolute Gasteiger partial charge is 0.406 e. The minimum atomic E-state index is -4.76. The summed E-state index contributed by atoms with van der Waals surface area (Å²) in [5, 5.41) is 9.82. The molecule has 0 spiro atoms. The second kappa shape index (κ2) is 12.8. The maximum Gasteiger partial charge on any atom is 0.573 e. The Morgan fingerprint density at radius 3 is 2.54 bits per heavy atom. The zero-order valence-corrected chi connectivity index (χ0v) is 23.4. The van der Waals surface area contributed by atoms with E-state index in [1.165, 1.54) is 35.6 Å². The SMILES string of the molecule is CCCC(C)NC(=S)N1CCC(c2nc(C(=O)Nc3ccccc3-c3ccc(OC(F)(F)F)cc3)cs2)CC1. The minimum Gasteiger partial charge on any atom is -0.406 e. The van der Waals surface area contributed by atoms with Gasteiger partial charge in [-0.2, -0.15) is 0 Å². The van der Waals surface area contributed by atoms with Crippen molar-refractivity contribution in [3.63, 3.8) is 0 Å². The number of nitrogens with one attached hydrogen (secondary N) is 2. The fraction of sp³-hybridized carbons (Fsp3) is 0.393. The van der Waals surface area contributed by atoms with Crippen LogP contribution in [0, 0.1) is 0 Å². The fourth-order valence-electron chi connectivity index (χ4n) is 4.58. The van der Waals surface area contributed by atoms with Gasteiger partial charge in [0.25, 0.3) is 5.91 Å². The van der Waals surface area contributed by atoms with Gasteiger partial charge in [-0.15, -0.1) is 24.5 Å². The van der Waals surface area contributed by atoms with E-state index in [9.17, 15) is 18.0 Å². The Bertz CT molecular complexity index is 1270. The number of nitrogens with zero attached hydrogens (tertiary/aromatic N) is 2. The van der Waals surface area contributed by atoms with E-state index in [-0.39, 0.29) is 17.6 Å². The first-order chi connectivity index (χ1) is 18.6. The van der Waals surface area contributed by atoms with Crippen LogP contribution in [0.25, 0.3) is 11.1 Å². The highest BCUT2D eigenvalue weighted by Gasteiger charge is 2.31. The number of rotatable bonds is 8. The standard InChI is InChI=1S/C28H31F3N4O2S2/c1-3-6-18(2)32-27(38)35-15-13-20(14-16-35)26-34-24(17-39-26)25(36)33-23-8-5-4-7-22(23)19-9-11-21(12-10-19)37-28(29,30)31/h4-5,7-12,17-18,20H,3,6,13-16H2,1-2H3,(H,32,38)(H,33,36). The molecule has 1 amide bonds. The lowest BCUT2D eigenvalue weighted by atomic mass is 9.98. The monoisotopic (exact) mass is 576 g/mol. The second-order valence-corrected chi connectivity index (χ2v) is 10.8. The van der Waals surface area contributed by atoms with E-state index in [0.29, 0.717) is 28.6 Å². The van der Waals surface area contributed by atoms with Crippen molar-refractivity contribution in [2.45, 2.75) is 57.9 Å². The molecule has 11 heteroatoms. The van der Waals surface area contributed by atoms with Crippen LogP contribution in [0.4, 0.5) is 18.9 Å². The van der Waals surface area contributed by atoms with Gasteiger partial charge in [0.1, 0.15) is 11.4 Å². The second-order valence-electron chi connectivity index (χ2n) is 9.54. The number of aromatic nitrogens is 1. The summed E-state index contributed by atoms with van der Waals surface area (Å²) in [5.74, 6) is -0.374. The van der Waals surface area contributed by atoms with E-state index in [1.807, 2.05) is 0 Å². The van der Waals surface area contributed by atoms with Crippen LogP contribution < -0.4 is 15.4 Å². The summed E-state index contributed by atoms with van der Waals surface area (Å²) >= 11 is 7.07. The van der Waals surface area contributed by atoms with Crippen LogP contribution in [0.2, 0.25) is 0 Å². The Kier molecular flexibility index (Phi) is 9.45. The lowest BCUT2D eigenvalue weighted by molar-refractivity contribution is -0.274. The van der Waals surface area contributed by atoms with Gasteiger partial charge >= 0.3 is 6.36 Å². The number of hydrogen-bond acceptors (Lipinski definition) is 5. The number of para-hydroxylation sites is 1. The number of piperidine rings is 1. The molecule has 0 aliphatic carbocycles. The average Bonchev–Trinajstić information content (AvgIpc) is 3.40. The van der Waals surface area contributed by atoms with Gasteiger partial charge in [0.2, 0.25) is 0 Å². The number of anilines is 1. The molecule has 208 valence electrons. The van der Waals surface area contributed by atoms with Gasteiger partial charge in [-0.25, -0.2) is 4.98 Å². The number of thiocarbonyl (C=S) groups is 1. The third-order valence-electron chi connectivity index (χ3n) is 6.55. The Morgan fingerprint density at radius 2 is 1.87 bits per heavy atom. The molecular weight excluding hydrogens is 545 g/mol. The molecule has 2 heterocycles. The first-order valence-corrected chi connectivity index (χ1v) is 14.2. The number of amides is 1. The number of alkyl halides is 3. The van der Waals surface area contributed by atoms with Gasteiger partial charge < -0.3 is 20.3 Å². The molecule has 0 radical (unpaired) electrons. The molecule has 0 bridgehead atoms. The minimum absolute atomic E-state index is 0.272. The van der Waals surface area contributed by atoms with E-state index >= 15 is 0 Å². The number of carbonyl (C=O) groups is 1. The summed E-state index contributed by atoms with van der Waals surface area (Å²) in [5.41, 5.74) is 2.19. The van der Waals surface area contributed by atoms with Crippen LogP contribution in [0.1, 0.15) is 60.9 Å². The molecule has 39 heavy (non-hydrogen) atoms. The van der Waals surface area contributed by atoms with Gasteiger partial charge in [0.15, 0.2) is 5.11 Å². The van der Waals surface area contributed by atoms with Crippen molar-refractivity contribution in [3.8, 4) is 16.9 Å². The Balaban J connectivity index is 1.37. The van der Waals surface area contributed by atoms with E-state index in [1.54, 1.807) is 29.6 Å². The number of ether oxygens (including phenoxy) is 1. The van der Waals surface area contributed by atoms with Crippen molar-refractivity contribution in [1.82, 2.24) is 15.2 Å². The Morgan fingerprint density at radius 1 is 1.18 bits per heavy atom. The number of carbonyl (C=O) groups excluding carboxylic acids is 1. The quantitative estimate of drug-likeness (QED) is 0.277. The predicted molar refractivity (Wildman–Crippen MR) is 152 cm³/mol. The maximum absolute atomic E-state index is 13.1. The highest BCUT2D eigenvalue weighted by Crippen LogP contribution is 2.33. The van der Waals surface area contributed by atoms with Crippen LogP contribution >= 0.6 is 23.6 Å². The van der Waals surface area contributed by atoms with Crippen molar-refractivity contribution < 1.29 is 22.7 Å². The molecule has 6 nitrogen and oxygen atoms in total. The summed E-state index contributed by atoms with van der Waals surface area (Å²) in [7, 11) is 0. The average molecular weight is 577 g/mol. The molecule has 0 saturated carbocycles. The molecule has 1 fully saturated rings. The topological polar surface area (TPSA) is 66.5 Å². The molecule has 1 atom stereocenters. The maximum atomic E-state index is 13.1. The van der Waals surface area contributed by atoms with Crippen molar-refractivity contribution in [2.24, 2.45) is 0 Å². The van der Waals surface area contributed by atoms with Gasteiger partial charge in [-0.1, -0.05) is 43.7 Å². The van der Waals surface area contributed by atoms with Gasteiger partial charge in [0.05, 0.1) is 5.01 Å². The molecule has 3 aromatic rings. The van der Waals surface area contributed by atoms with Crippen molar-refractivity contribution in [1.29, 1.82) is 0 Å². The predicted octanol–water partition coefficient (Wildman–Crippen LogP) is 7.20. The van der Waals surface area contributed by atoms with Crippen molar-refractivity contribution in [3.05, 3.63) is 64.6 Å². The van der Waals surface area contributed by atoms with Crippen molar-refractivity contribution >= 4 is 40.3 Å². The van der Waals surface area contributed by atoms with Crippen LogP contribution in [-0.4, -0.2) is 46.4 Å². The molecule has 1 saturated heterocycles. The van der Waals surface area contributed by atoms with E-state index in [4.69, 9.17) is 12.2 Å². The van der Waals surface area contributed by atoms with Crippen LogP contribution in [0.15, 0.2) is 53.9 Å². The number of benzene rings is 2. The first-order valence-electron chi connectivity index (χ1n) is 12.9. The summed E-state index contributed by atoms with van der Waals surface area (Å²) in [4.78, 5) is 19.9. The molecule has 1 aliphatic heterocycles. The third kappa shape index (κ3) is 7.92. The molecule has 2 N–H and O–H groups in total. The summed E-state index contributed by atoms with van der Waals surface area (Å²) < 4.78 is 41.4. The van der Waals surface area contributed by atoms with Crippen LogP contribution in [0.3, 0.4) is 0 Å². The number of hydrogen-bond donors (Lipinski definition) is 2. The molecule has 2 aromatic carbocycles. The summed E-state index contributed by atoms with van der Waals surface area (Å²) in [6, 6.07) is 13.0. The highest BCUT2D eigenvalue weighted by molar-refractivity contribution is 7.80. The molecular formula is C28H31F3N4O2S2. The highest BCUT2D eigenvalue weighted by atomic mass is 32.1. The molecule has 1 unspecified atom stereocenters. The number of likely N-dealkylation sites (tertiary alicyclic amines) is 1. The van der Waals surface area contributed by atoms with E-state index < -0.39 is 6.36 Å². The summed E-state index contributed by atoms with van der Waals surface area (Å²) in [6.07, 6.45) is -0.745. The van der Waals surface area contributed by atoms with Crippen LogP contribution in [-0.2, 0) is 0 Å². The first kappa shape index (κ1) is 28.8. The number of halogens is 3. The zero-order valence-electron chi connectivity index (χ0n) is 21.8. The normalized spacial score (nSPS) is 15.1. The van der Waals surface area contributed by atoms with E-state index in [0.717, 1.165) is 48.9 Å². The van der Waals surface area contributed by atoms with Gasteiger partial charge in [0, 0.05) is 41.7 Å². The number of thiazole rings is 1. The molecule has 4 rings (SSSR count). The Labute approximate surface area is 235 Å². The molecule has 1 aromatic heterocycles. The third-order valence-corrected chi connectivity index (χ3v) is 7.93. The zero-order chi connectivity index (χ0) is 28.0. The lowest BCUT2D eigenvalue weighted by Gasteiger charge is -2.34. The lowest BCUT2D eigenvalue weighted by Crippen LogP contribution is -2.46. The largest absolute Gasteiger partial charge is 0.573 e. The Hall–Kier alpha value is -3.18.